The van der Waals surface area contributed by atoms with E-state index in [2.05, 4.69) is 10.3 Å². The molecule has 1 fully saturated rings. The molecule has 2 amide bonds. The number of amides is 2. The van der Waals surface area contributed by atoms with Gasteiger partial charge in [-0.05, 0) is 37.1 Å². The maximum atomic E-state index is 12.2. The standard InChI is InChI=1S/C19H21N3O3/c1-2-25-17-10-7-15(13-20-17)19(24)21-12-14-5-8-16(9-6-14)22-11-3-4-18(22)23/h5-10,13H,2-4,11-12H2,1H3,(H,21,24). The van der Waals surface area contributed by atoms with E-state index in [0.29, 0.717) is 31.0 Å². The van der Waals surface area contributed by atoms with E-state index >= 15 is 0 Å². The maximum absolute atomic E-state index is 12.2. The zero-order chi connectivity index (χ0) is 17.6. The number of nitrogens with one attached hydrogen (secondary N) is 1. The van der Waals surface area contributed by atoms with Crippen LogP contribution in [0.3, 0.4) is 0 Å². The summed E-state index contributed by atoms with van der Waals surface area (Å²) in [7, 11) is 0. The van der Waals surface area contributed by atoms with Crippen LogP contribution in [0.15, 0.2) is 42.6 Å². The first-order valence-corrected chi connectivity index (χ1v) is 8.43. The normalized spacial score (nSPS) is 13.8. The van der Waals surface area contributed by atoms with Gasteiger partial charge in [0.1, 0.15) is 0 Å². The Hall–Kier alpha value is -2.89. The third-order valence-electron chi connectivity index (χ3n) is 4.07. The number of pyridine rings is 1. The molecule has 6 heteroatoms. The molecule has 1 N–H and O–H groups in total. The molecule has 0 unspecified atom stereocenters. The van der Waals surface area contributed by atoms with Crippen LogP contribution in [-0.2, 0) is 11.3 Å². The number of nitrogens with zero attached hydrogens (tertiary/aromatic N) is 2. The molecule has 0 saturated carbocycles. The number of hydrogen-bond acceptors (Lipinski definition) is 4. The van der Waals surface area contributed by atoms with Crippen molar-refractivity contribution in [1.29, 1.82) is 0 Å². The third-order valence-corrected chi connectivity index (χ3v) is 4.07. The molecule has 1 aliphatic rings. The van der Waals surface area contributed by atoms with Crippen LogP contribution < -0.4 is 15.0 Å². The van der Waals surface area contributed by atoms with Crippen molar-refractivity contribution >= 4 is 17.5 Å². The number of ether oxygens (including phenoxy) is 1. The average Bonchev–Trinajstić information content (AvgIpc) is 3.07. The minimum absolute atomic E-state index is 0.170. The van der Waals surface area contributed by atoms with E-state index in [-0.39, 0.29) is 11.8 Å². The van der Waals surface area contributed by atoms with Gasteiger partial charge in [-0.3, -0.25) is 9.59 Å². The number of aromatic nitrogens is 1. The van der Waals surface area contributed by atoms with E-state index in [1.54, 1.807) is 17.0 Å². The Labute approximate surface area is 146 Å². The van der Waals surface area contributed by atoms with Crippen LogP contribution in [0.5, 0.6) is 5.88 Å². The molecular weight excluding hydrogens is 318 g/mol. The largest absolute Gasteiger partial charge is 0.478 e. The van der Waals surface area contributed by atoms with Crippen molar-refractivity contribution in [3.63, 3.8) is 0 Å². The molecule has 0 radical (unpaired) electrons. The van der Waals surface area contributed by atoms with E-state index in [1.165, 1.54) is 6.20 Å². The van der Waals surface area contributed by atoms with Crippen LogP contribution in [0.25, 0.3) is 0 Å². The van der Waals surface area contributed by atoms with Crippen LogP contribution in [0.4, 0.5) is 5.69 Å². The van der Waals surface area contributed by atoms with Crippen molar-refractivity contribution in [3.8, 4) is 5.88 Å². The lowest BCUT2D eigenvalue weighted by atomic mass is 10.2. The van der Waals surface area contributed by atoms with Crippen LogP contribution >= 0.6 is 0 Å². The summed E-state index contributed by atoms with van der Waals surface area (Å²) in [6.07, 6.45) is 3.03. The van der Waals surface area contributed by atoms with Gasteiger partial charge >= 0.3 is 0 Å². The van der Waals surface area contributed by atoms with Crippen molar-refractivity contribution in [2.45, 2.75) is 26.3 Å². The monoisotopic (exact) mass is 339 g/mol. The van der Waals surface area contributed by atoms with Crippen LogP contribution in [-0.4, -0.2) is 29.9 Å². The number of anilines is 1. The van der Waals surface area contributed by atoms with E-state index < -0.39 is 0 Å². The van der Waals surface area contributed by atoms with Gasteiger partial charge in [-0.1, -0.05) is 12.1 Å². The highest BCUT2D eigenvalue weighted by Crippen LogP contribution is 2.21. The molecule has 3 rings (SSSR count). The molecule has 0 atom stereocenters. The average molecular weight is 339 g/mol. The Morgan fingerprint density at radius 2 is 2.04 bits per heavy atom. The minimum atomic E-state index is -0.186. The lowest BCUT2D eigenvalue weighted by molar-refractivity contribution is -0.117. The van der Waals surface area contributed by atoms with Crippen LogP contribution in [0, 0.1) is 0 Å². The Kier molecular flexibility index (Phi) is 5.28. The number of rotatable bonds is 6. The molecular formula is C19H21N3O3. The van der Waals surface area contributed by atoms with E-state index in [9.17, 15) is 9.59 Å². The molecule has 2 heterocycles. The first kappa shape index (κ1) is 17.0. The predicted molar refractivity (Wildman–Crippen MR) is 94.6 cm³/mol. The van der Waals surface area contributed by atoms with Crippen molar-refractivity contribution in [1.82, 2.24) is 10.3 Å². The minimum Gasteiger partial charge on any atom is -0.478 e. The Morgan fingerprint density at radius 3 is 2.64 bits per heavy atom. The molecule has 1 saturated heterocycles. The van der Waals surface area contributed by atoms with Gasteiger partial charge in [0.15, 0.2) is 0 Å². The van der Waals surface area contributed by atoms with Gasteiger partial charge in [0.2, 0.25) is 11.8 Å². The fraction of sp³-hybridized carbons (Fsp3) is 0.316. The highest BCUT2D eigenvalue weighted by Gasteiger charge is 2.21. The van der Waals surface area contributed by atoms with Crippen molar-refractivity contribution in [2.24, 2.45) is 0 Å². The number of hydrogen-bond donors (Lipinski definition) is 1. The van der Waals surface area contributed by atoms with Crippen molar-refractivity contribution < 1.29 is 14.3 Å². The molecule has 2 aromatic rings. The highest BCUT2D eigenvalue weighted by atomic mass is 16.5. The lowest BCUT2D eigenvalue weighted by Crippen LogP contribution is -2.24. The van der Waals surface area contributed by atoms with E-state index in [0.717, 1.165) is 24.2 Å². The zero-order valence-corrected chi connectivity index (χ0v) is 14.2. The van der Waals surface area contributed by atoms with Gasteiger partial charge in [0.25, 0.3) is 5.91 Å². The second kappa shape index (κ2) is 7.79. The summed E-state index contributed by atoms with van der Waals surface area (Å²) in [5.74, 6) is 0.490. The summed E-state index contributed by atoms with van der Waals surface area (Å²) in [4.78, 5) is 29.8. The summed E-state index contributed by atoms with van der Waals surface area (Å²) in [6, 6.07) is 11.1. The smallest absolute Gasteiger partial charge is 0.253 e. The molecule has 0 spiro atoms. The SMILES string of the molecule is CCOc1ccc(C(=O)NCc2ccc(N3CCCC3=O)cc2)cn1. The van der Waals surface area contributed by atoms with Gasteiger partial charge < -0.3 is 15.0 Å². The number of benzene rings is 1. The fourth-order valence-electron chi connectivity index (χ4n) is 2.75. The number of carbonyl (C=O) groups is 2. The van der Waals surface area contributed by atoms with Gasteiger partial charge in [-0.2, -0.15) is 0 Å². The molecule has 1 aliphatic heterocycles. The molecule has 25 heavy (non-hydrogen) atoms. The third kappa shape index (κ3) is 4.15. The van der Waals surface area contributed by atoms with E-state index in [1.807, 2.05) is 31.2 Å². The fourth-order valence-corrected chi connectivity index (χ4v) is 2.75. The topological polar surface area (TPSA) is 71.5 Å². The predicted octanol–water partition coefficient (Wildman–Crippen LogP) is 2.54. The van der Waals surface area contributed by atoms with Gasteiger partial charge in [-0.15, -0.1) is 0 Å². The van der Waals surface area contributed by atoms with Gasteiger partial charge in [-0.25, -0.2) is 4.98 Å². The quantitative estimate of drug-likeness (QED) is 0.878. The molecule has 130 valence electrons. The summed E-state index contributed by atoms with van der Waals surface area (Å²) < 4.78 is 5.26. The first-order valence-electron chi connectivity index (χ1n) is 8.43. The molecule has 1 aromatic carbocycles. The molecule has 0 bridgehead atoms. The van der Waals surface area contributed by atoms with Gasteiger partial charge in [0, 0.05) is 37.5 Å². The van der Waals surface area contributed by atoms with E-state index in [4.69, 9.17) is 4.74 Å². The molecule has 1 aromatic heterocycles. The Morgan fingerprint density at radius 1 is 1.24 bits per heavy atom. The first-order chi connectivity index (χ1) is 12.2. The van der Waals surface area contributed by atoms with Crippen LogP contribution in [0.2, 0.25) is 0 Å². The second-order valence-corrected chi connectivity index (χ2v) is 5.82. The highest BCUT2D eigenvalue weighted by molar-refractivity contribution is 5.95. The number of carbonyl (C=O) groups excluding carboxylic acids is 2. The summed E-state index contributed by atoms with van der Waals surface area (Å²) in [5, 5.41) is 2.86. The summed E-state index contributed by atoms with van der Waals surface area (Å²) in [5.41, 5.74) is 2.37. The summed E-state index contributed by atoms with van der Waals surface area (Å²) >= 11 is 0. The second-order valence-electron chi connectivity index (χ2n) is 5.82. The Bertz CT molecular complexity index is 742. The molecule has 6 nitrogen and oxygen atoms in total. The zero-order valence-electron chi connectivity index (χ0n) is 14.2. The van der Waals surface area contributed by atoms with Crippen molar-refractivity contribution in [2.75, 3.05) is 18.1 Å². The van der Waals surface area contributed by atoms with Crippen LogP contribution in [0.1, 0.15) is 35.7 Å². The lowest BCUT2D eigenvalue weighted by Gasteiger charge is -2.16. The summed E-state index contributed by atoms with van der Waals surface area (Å²) in [6.45, 7) is 3.62. The Balaban J connectivity index is 1.55. The van der Waals surface area contributed by atoms with Gasteiger partial charge in [0.05, 0.1) is 12.2 Å². The molecule has 0 aliphatic carbocycles. The van der Waals surface area contributed by atoms with Crippen molar-refractivity contribution in [3.05, 3.63) is 53.7 Å². The maximum Gasteiger partial charge on any atom is 0.253 e.